The van der Waals surface area contributed by atoms with Crippen molar-refractivity contribution in [2.45, 2.75) is 46.1 Å². The molecule has 0 fully saturated rings. The van der Waals surface area contributed by atoms with E-state index in [0.29, 0.717) is 5.02 Å². The Morgan fingerprint density at radius 2 is 1.76 bits per heavy atom. The van der Waals surface area contributed by atoms with Gasteiger partial charge in [-0.15, -0.1) is 0 Å². The lowest BCUT2D eigenvalue weighted by atomic mass is 9.88. The number of halogens is 1. The summed E-state index contributed by atoms with van der Waals surface area (Å²) in [4.78, 5) is 35.0. The molecular weight excluding hydrogens is 346 g/mol. The highest BCUT2D eigenvalue weighted by molar-refractivity contribution is 6.30. The largest absolute Gasteiger partial charge is 0.481 e. The second-order valence-corrected chi connectivity index (χ2v) is 7.33. The number of alkyl carbamates (subject to hydrolysis) is 1. The van der Waals surface area contributed by atoms with Crippen molar-refractivity contribution in [2.75, 3.05) is 6.54 Å². The number of hydrogen-bond acceptors (Lipinski definition) is 4. The zero-order chi connectivity index (χ0) is 19.2. The van der Waals surface area contributed by atoms with Gasteiger partial charge in [0, 0.05) is 22.9 Å². The first-order valence-electron chi connectivity index (χ1n) is 7.96. The number of rotatable bonds is 7. The summed E-state index contributed by atoms with van der Waals surface area (Å²) >= 11 is 5.84. The van der Waals surface area contributed by atoms with Crippen molar-refractivity contribution in [2.24, 2.45) is 5.41 Å². The molecule has 0 aliphatic heterocycles. The van der Waals surface area contributed by atoms with Crippen LogP contribution in [0.3, 0.4) is 0 Å². The topological polar surface area (TPSA) is 92.7 Å². The predicted molar refractivity (Wildman–Crippen MR) is 94.9 cm³/mol. The number of aliphatic carboxylic acids is 1. The number of Topliss-reactive ketones (excluding diaryl/α,β-unsaturated/α-hetero) is 1. The molecule has 2 atom stereocenters. The van der Waals surface area contributed by atoms with E-state index in [2.05, 4.69) is 5.32 Å². The van der Waals surface area contributed by atoms with Crippen LogP contribution in [0.4, 0.5) is 4.79 Å². The van der Waals surface area contributed by atoms with Gasteiger partial charge in [-0.05, 0) is 24.6 Å². The van der Waals surface area contributed by atoms with Gasteiger partial charge >= 0.3 is 12.1 Å². The lowest BCUT2D eigenvalue weighted by Gasteiger charge is -2.22. The number of hydrogen-bond donors (Lipinski definition) is 2. The minimum absolute atomic E-state index is 0.0726. The first-order valence-corrected chi connectivity index (χ1v) is 8.34. The van der Waals surface area contributed by atoms with Crippen LogP contribution in [0.2, 0.25) is 5.02 Å². The normalized spacial score (nSPS) is 13.6. The number of carboxylic acid groups (broad SMARTS) is 1. The van der Waals surface area contributed by atoms with Crippen molar-refractivity contribution in [1.82, 2.24) is 5.32 Å². The molecule has 0 saturated carbocycles. The van der Waals surface area contributed by atoms with Crippen molar-refractivity contribution >= 4 is 29.4 Å². The quantitative estimate of drug-likeness (QED) is 0.765. The van der Waals surface area contributed by atoms with Crippen LogP contribution in [0.5, 0.6) is 0 Å². The maximum atomic E-state index is 12.0. The van der Waals surface area contributed by atoms with Gasteiger partial charge < -0.3 is 15.2 Å². The maximum absolute atomic E-state index is 12.0. The average molecular weight is 370 g/mol. The highest BCUT2D eigenvalue weighted by atomic mass is 35.5. The zero-order valence-electron chi connectivity index (χ0n) is 14.8. The van der Waals surface area contributed by atoms with E-state index in [1.807, 2.05) is 0 Å². The van der Waals surface area contributed by atoms with E-state index >= 15 is 0 Å². The minimum atomic E-state index is -0.980. The molecule has 1 unspecified atom stereocenters. The molecule has 6 nitrogen and oxygen atoms in total. The Kier molecular flexibility index (Phi) is 7.42. The van der Waals surface area contributed by atoms with Gasteiger partial charge in [-0.2, -0.15) is 0 Å². The van der Waals surface area contributed by atoms with Crippen molar-refractivity contribution in [3.63, 3.8) is 0 Å². The number of benzene rings is 1. The zero-order valence-corrected chi connectivity index (χ0v) is 15.6. The summed E-state index contributed by atoms with van der Waals surface area (Å²) in [5.41, 5.74) is 0.125. The van der Waals surface area contributed by atoms with Gasteiger partial charge in [-0.3, -0.25) is 9.59 Å². The Morgan fingerprint density at radius 3 is 2.24 bits per heavy atom. The smallest absolute Gasteiger partial charge is 0.407 e. The lowest BCUT2D eigenvalue weighted by molar-refractivity contribution is -0.137. The van der Waals surface area contributed by atoms with Gasteiger partial charge in [0.2, 0.25) is 0 Å². The molecule has 0 aromatic heterocycles. The van der Waals surface area contributed by atoms with Crippen LogP contribution >= 0.6 is 11.6 Å². The molecule has 0 heterocycles. The summed E-state index contributed by atoms with van der Waals surface area (Å²) in [5.74, 6) is -1.61. The molecule has 1 aromatic carbocycles. The van der Waals surface area contributed by atoms with Crippen molar-refractivity contribution in [3.05, 3.63) is 34.9 Å². The molecule has 2 N–H and O–H groups in total. The fourth-order valence-electron chi connectivity index (χ4n) is 2.33. The monoisotopic (exact) mass is 369 g/mol. The molecule has 7 heteroatoms. The van der Waals surface area contributed by atoms with E-state index in [-0.39, 0.29) is 18.7 Å². The molecule has 1 aromatic rings. The molecule has 0 spiro atoms. The highest BCUT2D eigenvalue weighted by Crippen LogP contribution is 2.22. The lowest BCUT2D eigenvalue weighted by Crippen LogP contribution is -2.38. The fourth-order valence-corrected chi connectivity index (χ4v) is 2.45. The van der Waals surface area contributed by atoms with Crippen LogP contribution in [-0.2, 0) is 14.3 Å². The number of carboxylic acids is 1. The molecule has 0 aliphatic rings. The summed E-state index contributed by atoms with van der Waals surface area (Å²) in [5, 5.41) is 12.1. The Balaban J connectivity index is 2.67. The SMILES string of the molecule is CC(OC(=O)NC[C@H](CC(=O)O)c1ccc(Cl)cc1)C(=O)C(C)(C)C. The standard InChI is InChI=1S/C18H24ClNO5/c1-11(16(23)18(2,3)4)25-17(24)20-10-13(9-15(21)22)12-5-7-14(19)8-6-12/h5-8,11,13H,9-10H2,1-4H3,(H,20,24)(H,21,22)/t11?,13-/m0/s1. The van der Waals surface area contributed by atoms with Crippen LogP contribution in [-0.4, -0.2) is 35.6 Å². The van der Waals surface area contributed by atoms with E-state index in [1.54, 1.807) is 45.0 Å². The fraction of sp³-hybridized carbons (Fsp3) is 0.500. The minimum Gasteiger partial charge on any atom is -0.481 e. The number of carbonyl (C=O) groups is 3. The van der Waals surface area contributed by atoms with Crippen molar-refractivity contribution < 1.29 is 24.2 Å². The molecule has 0 radical (unpaired) electrons. The van der Waals surface area contributed by atoms with E-state index in [9.17, 15) is 14.4 Å². The Hall–Kier alpha value is -2.08. The predicted octanol–water partition coefficient (Wildman–Crippen LogP) is 3.63. The van der Waals surface area contributed by atoms with E-state index in [1.165, 1.54) is 6.92 Å². The second kappa shape index (κ2) is 8.85. The summed E-state index contributed by atoms with van der Waals surface area (Å²) < 4.78 is 5.08. The van der Waals surface area contributed by atoms with Gasteiger partial charge in [0.25, 0.3) is 0 Å². The van der Waals surface area contributed by atoms with Crippen LogP contribution in [0.1, 0.15) is 45.6 Å². The first kappa shape index (κ1) is 21.0. The number of carbonyl (C=O) groups excluding carboxylic acids is 2. The summed E-state index contributed by atoms with van der Waals surface area (Å²) in [6.07, 6.45) is -1.79. The van der Waals surface area contributed by atoms with Crippen molar-refractivity contribution in [1.29, 1.82) is 0 Å². The third-order valence-corrected chi connectivity index (χ3v) is 3.90. The molecule has 1 rings (SSSR count). The van der Waals surface area contributed by atoms with Crippen LogP contribution in [0, 0.1) is 5.41 Å². The van der Waals surface area contributed by atoms with Gasteiger partial charge in [-0.1, -0.05) is 44.5 Å². The summed E-state index contributed by atoms with van der Waals surface area (Å²) in [6, 6.07) is 6.76. The summed E-state index contributed by atoms with van der Waals surface area (Å²) in [6.45, 7) is 6.83. The first-order chi connectivity index (χ1) is 11.5. The number of ketones is 1. The molecular formula is C18H24ClNO5. The Bertz CT molecular complexity index is 621. The van der Waals surface area contributed by atoms with Gasteiger partial charge in [0.15, 0.2) is 11.9 Å². The van der Waals surface area contributed by atoms with E-state index in [0.717, 1.165) is 5.56 Å². The van der Waals surface area contributed by atoms with Crippen LogP contribution < -0.4 is 5.32 Å². The third kappa shape index (κ3) is 7.13. The number of ether oxygens (including phenoxy) is 1. The molecule has 0 aliphatic carbocycles. The Morgan fingerprint density at radius 1 is 1.20 bits per heavy atom. The van der Waals surface area contributed by atoms with E-state index < -0.39 is 29.5 Å². The molecule has 0 bridgehead atoms. The van der Waals surface area contributed by atoms with Crippen LogP contribution in [0.25, 0.3) is 0 Å². The molecule has 0 saturated heterocycles. The van der Waals surface area contributed by atoms with Gasteiger partial charge in [-0.25, -0.2) is 4.79 Å². The Labute approximate surface area is 152 Å². The maximum Gasteiger partial charge on any atom is 0.407 e. The van der Waals surface area contributed by atoms with Gasteiger partial charge in [0.1, 0.15) is 0 Å². The molecule has 25 heavy (non-hydrogen) atoms. The number of nitrogens with one attached hydrogen (secondary N) is 1. The molecule has 1 amide bonds. The second-order valence-electron chi connectivity index (χ2n) is 6.89. The highest BCUT2D eigenvalue weighted by Gasteiger charge is 2.29. The third-order valence-electron chi connectivity index (χ3n) is 3.65. The van der Waals surface area contributed by atoms with Gasteiger partial charge in [0.05, 0.1) is 6.42 Å². The van der Waals surface area contributed by atoms with Crippen LogP contribution in [0.15, 0.2) is 24.3 Å². The number of amides is 1. The van der Waals surface area contributed by atoms with Crippen molar-refractivity contribution in [3.8, 4) is 0 Å². The summed E-state index contributed by atoms with van der Waals surface area (Å²) in [7, 11) is 0. The average Bonchev–Trinajstić information content (AvgIpc) is 2.50. The van der Waals surface area contributed by atoms with E-state index in [4.69, 9.17) is 21.4 Å². The molecule has 138 valence electrons.